The smallest absolute Gasteiger partial charge is 0.182 e. The highest BCUT2D eigenvalue weighted by atomic mass is 16.3. The van der Waals surface area contributed by atoms with Crippen LogP contribution in [-0.4, -0.2) is 38.1 Å². The molecule has 0 radical (unpaired) electrons. The van der Waals surface area contributed by atoms with Gasteiger partial charge in [0.25, 0.3) is 0 Å². The van der Waals surface area contributed by atoms with Gasteiger partial charge in [0.1, 0.15) is 5.82 Å². The van der Waals surface area contributed by atoms with Gasteiger partial charge in [-0.05, 0) is 36.6 Å². The van der Waals surface area contributed by atoms with Crippen LogP contribution in [0, 0.1) is 0 Å². The van der Waals surface area contributed by atoms with E-state index in [9.17, 15) is 5.11 Å². The van der Waals surface area contributed by atoms with E-state index < -0.39 is 6.35 Å². The highest BCUT2D eigenvalue weighted by Gasteiger charge is 2.22. The molecule has 1 aliphatic heterocycles. The maximum absolute atomic E-state index is 9.74. The Labute approximate surface area is 157 Å². The number of aliphatic hydroxyl groups excluding tert-OH is 2. The van der Waals surface area contributed by atoms with Gasteiger partial charge in [0.05, 0.1) is 12.3 Å². The lowest BCUT2D eigenvalue weighted by atomic mass is 9.99. The minimum Gasteiger partial charge on any atom is -0.390 e. The van der Waals surface area contributed by atoms with Gasteiger partial charge >= 0.3 is 0 Å². The van der Waals surface area contributed by atoms with Gasteiger partial charge in [-0.1, -0.05) is 6.07 Å². The number of anilines is 1. The molecule has 0 saturated heterocycles. The van der Waals surface area contributed by atoms with Crippen LogP contribution < -0.4 is 10.6 Å². The van der Waals surface area contributed by atoms with Gasteiger partial charge in [-0.3, -0.25) is 15.7 Å². The summed E-state index contributed by atoms with van der Waals surface area (Å²) in [6.07, 6.45) is 7.90. The maximum atomic E-state index is 9.74. The van der Waals surface area contributed by atoms with Crippen LogP contribution in [-0.2, 0) is 13.0 Å². The first-order chi connectivity index (χ1) is 13.2. The van der Waals surface area contributed by atoms with E-state index in [0.717, 1.165) is 46.5 Å². The Morgan fingerprint density at radius 1 is 1.00 bits per heavy atom. The summed E-state index contributed by atoms with van der Waals surface area (Å²) in [6.45, 7) is 0.624. The van der Waals surface area contributed by atoms with Crippen LogP contribution in [0.5, 0.6) is 0 Å². The topological polar surface area (TPSA) is 108 Å². The summed E-state index contributed by atoms with van der Waals surface area (Å²) in [5.74, 6) is 0.743. The largest absolute Gasteiger partial charge is 0.390 e. The number of aliphatic hydroxyl groups is 2. The van der Waals surface area contributed by atoms with Crippen molar-refractivity contribution in [2.24, 2.45) is 5.73 Å². The number of nitrogens with zero attached hydrogens (tertiary/aromatic N) is 4. The highest BCUT2D eigenvalue weighted by Crippen LogP contribution is 2.31. The molecule has 0 saturated carbocycles. The molecular formula is C20H21N5O2. The van der Waals surface area contributed by atoms with Crippen LogP contribution in [0.4, 0.5) is 5.82 Å². The molecule has 7 heteroatoms. The number of rotatable bonds is 4. The lowest BCUT2D eigenvalue weighted by Gasteiger charge is -2.32. The third kappa shape index (κ3) is 3.52. The van der Waals surface area contributed by atoms with Gasteiger partial charge in [0.15, 0.2) is 6.35 Å². The van der Waals surface area contributed by atoms with E-state index in [4.69, 9.17) is 10.8 Å². The standard InChI is InChI=1S/C20H21N5O2/c21-20(27)25-5-1-2-13-6-17(11-24-19(13)25)16-7-15(8-22-9-16)14-3-4-18(12-26)23-10-14/h3-4,6-11,20,26-27H,1-2,5,12,21H2. The van der Waals surface area contributed by atoms with Gasteiger partial charge < -0.3 is 15.1 Å². The predicted octanol–water partition coefficient (Wildman–Crippen LogP) is 1.69. The van der Waals surface area contributed by atoms with Crippen LogP contribution in [0.2, 0.25) is 0 Å². The van der Waals surface area contributed by atoms with Crippen molar-refractivity contribution >= 4 is 5.82 Å². The second-order valence-corrected chi connectivity index (χ2v) is 6.58. The van der Waals surface area contributed by atoms with Crippen LogP contribution in [0.3, 0.4) is 0 Å². The van der Waals surface area contributed by atoms with Crippen molar-refractivity contribution in [1.29, 1.82) is 0 Å². The first-order valence-corrected chi connectivity index (χ1v) is 8.86. The van der Waals surface area contributed by atoms with Gasteiger partial charge in [0, 0.05) is 53.6 Å². The van der Waals surface area contributed by atoms with E-state index in [1.165, 1.54) is 0 Å². The molecule has 4 N–H and O–H groups in total. The third-order valence-corrected chi connectivity index (χ3v) is 4.77. The number of nitrogens with two attached hydrogens (primary N) is 1. The van der Waals surface area contributed by atoms with E-state index in [1.54, 1.807) is 35.8 Å². The van der Waals surface area contributed by atoms with Crippen molar-refractivity contribution in [2.45, 2.75) is 25.8 Å². The number of fused-ring (bicyclic) bond motifs is 1. The number of pyridine rings is 3. The van der Waals surface area contributed by atoms with Crippen molar-refractivity contribution < 1.29 is 10.2 Å². The molecule has 1 unspecified atom stereocenters. The second kappa shape index (κ2) is 7.40. The van der Waals surface area contributed by atoms with Crippen LogP contribution >= 0.6 is 0 Å². The lowest BCUT2D eigenvalue weighted by molar-refractivity contribution is 0.173. The van der Waals surface area contributed by atoms with Gasteiger partial charge in [-0.25, -0.2) is 4.98 Å². The Morgan fingerprint density at radius 3 is 2.44 bits per heavy atom. The van der Waals surface area contributed by atoms with Gasteiger partial charge in [-0.2, -0.15) is 0 Å². The zero-order valence-electron chi connectivity index (χ0n) is 14.8. The molecule has 4 rings (SSSR count). The quantitative estimate of drug-likeness (QED) is 0.605. The molecular weight excluding hydrogens is 342 g/mol. The van der Waals surface area contributed by atoms with E-state index in [1.807, 2.05) is 12.1 Å². The van der Waals surface area contributed by atoms with Crippen molar-refractivity contribution in [2.75, 3.05) is 11.4 Å². The average molecular weight is 363 g/mol. The molecule has 0 amide bonds. The molecule has 0 bridgehead atoms. The summed E-state index contributed by atoms with van der Waals surface area (Å²) < 4.78 is 0. The molecule has 0 aromatic carbocycles. The molecule has 1 atom stereocenters. The number of hydrogen-bond donors (Lipinski definition) is 3. The SMILES string of the molecule is NC(O)N1CCCc2cc(-c3cncc(-c4ccc(CO)nc4)c3)cnc21. The number of aryl methyl sites for hydroxylation is 1. The number of hydrogen-bond acceptors (Lipinski definition) is 7. The first-order valence-electron chi connectivity index (χ1n) is 8.86. The summed E-state index contributed by atoms with van der Waals surface area (Å²) in [5, 5.41) is 18.9. The fraction of sp³-hybridized carbons (Fsp3) is 0.250. The van der Waals surface area contributed by atoms with Crippen LogP contribution in [0.1, 0.15) is 17.7 Å². The third-order valence-electron chi connectivity index (χ3n) is 4.77. The Kier molecular flexibility index (Phi) is 4.81. The van der Waals surface area contributed by atoms with Crippen molar-refractivity contribution in [3.63, 3.8) is 0 Å². The normalized spacial score (nSPS) is 14.7. The lowest BCUT2D eigenvalue weighted by Crippen LogP contribution is -2.45. The highest BCUT2D eigenvalue weighted by molar-refractivity contribution is 5.72. The molecule has 0 spiro atoms. The van der Waals surface area contributed by atoms with Crippen molar-refractivity contribution in [3.05, 3.63) is 60.3 Å². The van der Waals surface area contributed by atoms with E-state index in [2.05, 4.69) is 21.0 Å². The van der Waals surface area contributed by atoms with Crippen LogP contribution in [0.25, 0.3) is 22.3 Å². The predicted molar refractivity (Wildman–Crippen MR) is 102 cm³/mol. The second-order valence-electron chi connectivity index (χ2n) is 6.58. The molecule has 4 heterocycles. The van der Waals surface area contributed by atoms with E-state index >= 15 is 0 Å². The minimum atomic E-state index is -1.04. The first kappa shape index (κ1) is 17.5. The number of aromatic nitrogens is 3. The molecule has 3 aromatic heterocycles. The van der Waals surface area contributed by atoms with Crippen molar-refractivity contribution in [3.8, 4) is 22.3 Å². The van der Waals surface area contributed by atoms with Gasteiger partial charge in [-0.15, -0.1) is 0 Å². The molecule has 27 heavy (non-hydrogen) atoms. The Hall–Kier alpha value is -2.87. The van der Waals surface area contributed by atoms with E-state index in [-0.39, 0.29) is 6.61 Å². The zero-order chi connectivity index (χ0) is 18.8. The van der Waals surface area contributed by atoms with E-state index in [0.29, 0.717) is 12.2 Å². The monoisotopic (exact) mass is 363 g/mol. The molecule has 0 fully saturated rings. The van der Waals surface area contributed by atoms with Crippen molar-refractivity contribution in [1.82, 2.24) is 15.0 Å². The zero-order valence-corrected chi connectivity index (χ0v) is 14.8. The summed E-state index contributed by atoms with van der Waals surface area (Å²) >= 11 is 0. The molecule has 1 aliphatic rings. The van der Waals surface area contributed by atoms with Gasteiger partial charge in [0.2, 0.25) is 0 Å². The fourth-order valence-electron chi connectivity index (χ4n) is 3.35. The minimum absolute atomic E-state index is 0.0755. The maximum Gasteiger partial charge on any atom is 0.182 e. The summed E-state index contributed by atoms with van der Waals surface area (Å²) in [6, 6.07) is 7.86. The summed E-state index contributed by atoms with van der Waals surface area (Å²) in [7, 11) is 0. The summed E-state index contributed by atoms with van der Waals surface area (Å²) in [5.41, 5.74) is 11.2. The average Bonchev–Trinajstić information content (AvgIpc) is 2.73. The molecule has 138 valence electrons. The van der Waals surface area contributed by atoms with Crippen LogP contribution in [0.15, 0.2) is 49.1 Å². The Balaban J connectivity index is 1.68. The summed E-state index contributed by atoms with van der Waals surface area (Å²) in [4.78, 5) is 14.8. The Bertz CT molecular complexity index is 943. The fourth-order valence-corrected chi connectivity index (χ4v) is 3.35. The molecule has 7 nitrogen and oxygen atoms in total. The Morgan fingerprint density at radius 2 is 1.74 bits per heavy atom. The molecule has 0 aliphatic carbocycles. The molecule has 3 aromatic rings.